The second-order valence-corrected chi connectivity index (χ2v) is 2.23. The minimum absolute atomic E-state index is 0.595. The molecule has 0 aromatic heterocycles. The number of hydrogen-bond acceptors (Lipinski definition) is 1. The van der Waals surface area contributed by atoms with Gasteiger partial charge in [-0.3, -0.25) is 0 Å². The largest absolute Gasteiger partial charge is 0.236 e. The highest BCUT2D eigenvalue weighted by Gasteiger charge is 2.09. The summed E-state index contributed by atoms with van der Waals surface area (Å²) in [4.78, 5) is 4.03. The summed E-state index contributed by atoms with van der Waals surface area (Å²) in [6.07, 6.45) is 3.87. The van der Waals surface area contributed by atoms with Gasteiger partial charge in [-0.2, -0.15) is 0 Å². The topological polar surface area (TPSA) is 15.4 Å². The van der Waals surface area contributed by atoms with Crippen LogP contribution < -0.4 is 0 Å². The van der Waals surface area contributed by atoms with E-state index in [0.29, 0.717) is 6.04 Å². The molecular weight excluding hydrogens is 100 g/mol. The van der Waals surface area contributed by atoms with E-state index in [-0.39, 0.29) is 0 Å². The molecule has 0 radical (unpaired) electrons. The van der Waals surface area contributed by atoms with Gasteiger partial charge in [0.05, 0.1) is 6.21 Å². The Bertz CT molecular complexity index is 133. The van der Waals surface area contributed by atoms with Gasteiger partial charge in [0.25, 0.3) is 0 Å². The average molecular weight is 111 g/mol. The van der Waals surface area contributed by atoms with Crippen LogP contribution in [0.25, 0.3) is 0 Å². The van der Waals surface area contributed by atoms with Gasteiger partial charge >= 0.3 is 0 Å². The van der Waals surface area contributed by atoms with Crippen LogP contribution in [-0.4, -0.2) is 29.7 Å². The van der Waals surface area contributed by atoms with Crippen molar-refractivity contribution in [2.24, 2.45) is 4.99 Å². The molecule has 8 heavy (non-hydrogen) atoms. The van der Waals surface area contributed by atoms with E-state index in [4.69, 9.17) is 0 Å². The first-order valence-corrected chi connectivity index (χ1v) is 2.90. The third-order valence-corrected chi connectivity index (χ3v) is 1.27. The van der Waals surface area contributed by atoms with Crippen molar-refractivity contribution in [2.75, 3.05) is 6.67 Å². The first-order chi connectivity index (χ1) is 3.80. The molecule has 0 spiro atoms. The molecule has 0 fully saturated rings. The van der Waals surface area contributed by atoms with Crippen LogP contribution in [0, 0.1) is 0 Å². The van der Waals surface area contributed by atoms with E-state index in [1.807, 2.05) is 12.4 Å². The summed E-state index contributed by atoms with van der Waals surface area (Å²) in [5.74, 6) is 0. The van der Waals surface area contributed by atoms with E-state index in [1.165, 1.54) is 0 Å². The van der Waals surface area contributed by atoms with Crippen molar-refractivity contribution in [2.45, 2.75) is 19.9 Å². The number of nitrogens with zero attached hydrogens (tertiary/aromatic N) is 2. The van der Waals surface area contributed by atoms with E-state index in [9.17, 15) is 0 Å². The third-order valence-electron chi connectivity index (χ3n) is 1.27. The quantitative estimate of drug-likeness (QED) is 0.438. The molecule has 1 aliphatic rings. The molecule has 0 aliphatic carbocycles. The molecule has 0 bridgehead atoms. The lowest BCUT2D eigenvalue weighted by Crippen LogP contribution is -2.18. The number of aliphatic imine (C=N–C) groups is 1. The highest BCUT2D eigenvalue weighted by atomic mass is 15.1. The minimum Gasteiger partial charge on any atom is -0.222 e. The van der Waals surface area contributed by atoms with Crippen LogP contribution in [0.2, 0.25) is 0 Å². The van der Waals surface area contributed by atoms with Crippen molar-refractivity contribution in [3.8, 4) is 0 Å². The van der Waals surface area contributed by atoms with E-state index in [0.717, 1.165) is 6.67 Å². The fourth-order valence-corrected chi connectivity index (χ4v) is 0.657. The molecule has 1 heterocycles. The van der Waals surface area contributed by atoms with Gasteiger partial charge in [-0.15, -0.1) is 0 Å². The standard InChI is InChI=1S/C6H11N2/c1-6(2)8-4-3-7-5-8/h3-4,6H,5H2,1-2H3/q+1. The normalized spacial score (nSPS) is 17.6. The Morgan fingerprint density at radius 3 is 2.62 bits per heavy atom. The molecule has 0 aromatic rings. The Hall–Kier alpha value is -0.660. The molecule has 0 saturated heterocycles. The summed E-state index contributed by atoms with van der Waals surface area (Å²) < 4.78 is 2.18. The van der Waals surface area contributed by atoms with Gasteiger partial charge in [0.15, 0.2) is 6.21 Å². The molecular formula is C6H11N2+. The number of hydrogen-bond donors (Lipinski definition) is 0. The van der Waals surface area contributed by atoms with Gasteiger partial charge < -0.3 is 0 Å². The van der Waals surface area contributed by atoms with Crippen LogP contribution >= 0.6 is 0 Å². The van der Waals surface area contributed by atoms with Gasteiger partial charge in [0.2, 0.25) is 6.67 Å². The summed E-state index contributed by atoms with van der Waals surface area (Å²) in [5.41, 5.74) is 0. The van der Waals surface area contributed by atoms with Crippen LogP contribution in [0.3, 0.4) is 0 Å². The molecule has 0 aromatic carbocycles. The van der Waals surface area contributed by atoms with Crippen LogP contribution in [0.1, 0.15) is 13.8 Å². The minimum atomic E-state index is 0.595. The molecule has 2 nitrogen and oxygen atoms in total. The maximum absolute atomic E-state index is 4.03. The zero-order valence-corrected chi connectivity index (χ0v) is 5.33. The Morgan fingerprint density at radius 2 is 2.38 bits per heavy atom. The molecule has 1 rings (SSSR count). The van der Waals surface area contributed by atoms with Crippen LogP contribution in [0.5, 0.6) is 0 Å². The first kappa shape index (κ1) is 5.48. The fraction of sp³-hybridized carbons (Fsp3) is 0.667. The smallest absolute Gasteiger partial charge is 0.222 e. The monoisotopic (exact) mass is 111 g/mol. The molecule has 0 N–H and O–H groups in total. The Balaban J connectivity index is 2.51. The third kappa shape index (κ3) is 0.941. The van der Waals surface area contributed by atoms with Crippen molar-refractivity contribution in [1.82, 2.24) is 0 Å². The van der Waals surface area contributed by atoms with Crippen LogP contribution in [0.15, 0.2) is 4.99 Å². The lowest BCUT2D eigenvalue weighted by molar-refractivity contribution is -0.548. The van der Waals surface area contributed by atoms with Crippen LogP contribution in [0.4, 0.5) is 0 Å². The predicted molar refractivity (Wildman–Crippen MR) is 34.8 cm³/mol. The number of rotatable bonds is 1. The lowest BCUT2D eigenvalue weighted by Gasteiger charge is -1.97. The van der Waals surface area contributed by atoms with Crippen molar-refractivity contribution in [3.05, 3.63) is 0 Å². The predicted octanol–water partition coefficient (Wildman–Crippen LogP) is 0.520. The van der Waals surface area contributed by atoms with Gasteiger partial charge in [-0.05, 0) is 13.8 Å². The van der Waals surface area contributed by atoms with E-state index >= 15 is 0 Å². The fourth-order valence-electron chi connectivity index (χ4n) is 0.657. The zero-order chi connectivity index (χ0) is 5.98. The van der Waals surface area contributed by atoms with Crippen LogP contribution in [-0.2, 0) is 0 Å². The van der Waals surface area contributed by atoms with Gasteiger partial charge in [0.1, 0.15) is 6.04 Å². The van der Waals surface area contributed by atoms with Crippen molar-refractivity contribution < 1.29 is 4.58 Å². The first-order valence-electron chi connectivity index (χ1n) is 2.90. The Labute approximate surface area is 49.6 Å². The second-order valence-electron chi connectivity index (χ2n) is 2.23. The summed E-state index contributed by atoms with van der Waals surface area (Å²) in [7, 11) is 0. The molecule has 0 amide bonds. The van der Waals surface area contributed by atoms with E-state index < -0.39 is 0 Å². The highest BCUT2D eigenvalue weighted by Crippen LogP contribution is 1.89. The maximum atomic E-state index is 4.03. The average Bonchev–Trinajstić information content (AvgIpc) is 2.12. The van der Waals surface area contributed by atoms with E-state index in [2.05, 4.69) is 23.4 Å². The molecule has 0 unspecified atom stereocenters. The Kier molecular flexibility index (Phi) is 1.42. The van der Waals surface area contributed by atoms with Gasteiger partial charge in [0, 0.05) is 0 Å². The van der Waals surface area contributed by atoms with E-state index in [1.54, 1.807) is 0 Å². The van der Waals surface area contributed by atoms with Gasteiger partial charge in [-0.1, -0.05) is 0 Å². The lowest BCUT2D eigenvalue weighted by atomic mass is 10.4. The zero-order valence-electron chi connectivity index (χ0n) is 5.33. The maximum Gasteiger partial charge on any atom is 0.236 e. The molecule has 44 valence electrons. The summed E-state index contributed by atoms with van der Waals surface area (Å²) in [6.45, 7) is 5.16. The molecule has 0 atom stereocenters. The highest BCUT2D eigenvalue weighted by molar-refractivity contribution is 6.14. The summed E-state index contributed by atoms with van der Waals surface area (Å²) >= 11 is 0. The molecule has 0 saturated carbocycles. The summed E-state index contributed by atoms with van der Waals surface area (Å²) in [5, 5.41) is 0. The molecule has 2 heteroatoms. The SMILES string of the molecule is CC(C)[N+]1=CC=NC1. The second kappa shape index (κ2) is 2.07. The summed E-state index contributed by atoms with van der Waals surface area (Å²) in [6, 6.07) is 0.595. The van der Waals surface area contributed by atoms with Gasteiger partial charge in [-0.25, -0.2) is 9.57 Å². The Morgan fingerprint density at radius 1 is 1.62 bits per heavy atom. The van der Waals surface area contributed by atoms with Crippen molar-refractivity contribution in [3.63, 3.8) is 0 Å². The van der Waals surface area contributed by atoms with Crippen molar-refractivity contribution in [1.29, 1.82) is 0 Å². The molecule has 1 aliphatic heterocycles. The van der Waals surface area contributed by atoms with Crippen molar-refractivity contribution >= 4 is 12.4 Å².